The third kappa shape index (κ3) is 4.43. The number of hydrogen-bond acceptors (Lipinski definition) is 3. The Hall–Kier alpha value is -2.14. The van der Waals surface area contributed by atoms with Gasteiger partial charge < -0.3 is 15.2 Å². The number of rotatable bonds is 6. The molecule has 1 aliphatic heterocycles. The van der Waals surface area contributed by atoms with Crippen LogP contribution in [0.25, 0.3) is 6.08 Å². The minimum absolute atomic E-state index is 0.234. The minimum atomic E-state index is -1.17. The molecular weight excluding hydrogens is 282 g/mol. The number of carbonyl (C=O) groups excluding carboxylic acids is 1. The number of aliphatic carboxylic acids is 1. The second-order valence-electron chi connectivity index (χ2n) is 5.40. The third-order valence-electron chi connectivity index (χ3n) is 3.78. The highest BCUT2D eigenvalue weighted by Gasteiger charge is 2.41. The summed E-state index contributed by atoms with van der Waals surface area (Å²) in [6, 6.07) is 9.82. The van der Waals surface area contributed by atoms with E-state index in [1.54, 1.807) is 0 Å². The van der Waals surface area contributed by atoms with Gasteiger partial charge in [-0.1, -0.05) is 42.5 Å². The number of carboxylic acid groups (broad SMARTS) is 1. The van der Waals surface area contributed by atoms with Gasteiger partial charge in [-0.05, 0) is 12.0 Å². The monoisotopic (exact) mass is 303 g/mol. The van der Waals surface area contributed by atoms with Crippen molar-refractivity contribution in [2.24, 2.45) is 0 Å². The van der Waals surface area contributed by atoms with Crippen LogP contribution in [0.15, 0.2) is 36.4 Å². The molecule has 0 saturated carbocycles. The lowest BCUT2D eigenvalue weighted by Crippen LogP contribution is -2.57. The van der Waals surface area contributed by atoms with E-state index in [0.717, 1.165) is 5.56 Å². The molecule has 118 valence electrons. The summed E-state index contributed by atoms with van der Waals surface area (Å²) in [5.41, 5.74) is -0.0901. The van der Waals surface area contributed by atoms with Crippen molar-refractivity contribution in [1.29, 1.82) is 0 Å². The molecule has 0 aliphatic carbocycles. The zero-order chi connectivity index (χ0) is 15.8. The van der Waals surface area contributed by atoms with Crippen LogP contribution in [0, 0.1) is 0 Å². The summed E-state index contributed by atoms with van der Waals surface area (Å²) in [6.45, 7) is 0.723. The van der Waals surface area contributed by atoms with Crippen LogP contribution in [0.1, 0.15) is 31.2 Å². The van der Waals surface area contributed by atoms with Gasteiger partial charge in [0.1, 0.15) is 5.54 Å². The fraction of sp³-hybridized carbons (Fsp3) is 0.412. The maximum atomic E-state index is 12.0. The topological polar surface area (TPSA) is 75.6 Å². The maximum Gasteiger partial charge on any atom is 0.329 e. The number of amides is 1. The predicted octanol–water partition coefficient (Wildman–Crippen LogP) is 2.23. The van der Waals surface area contributed by atoms with Crippen LogP contribution in [0.5, 0.6) is 0 Å². The smallest absolute Gasteiger partial charge is 0.329 e. The van der Waals surface area contributed by atoms with Gasteiger partial charge in [0.05, 0.1) is 0 Å². The first kappa shape index (κ1) is 16.2. The molecule has 0 spiro atoms. The lowest BCUT2D eigenvalue weighted by Gasteiger charge is -2.33. The van der Waals surface area contributed by atoms with Crippen molar-refractivity contribution < 1.29 is 19.4 Å². The molecule has 0 aromatic heterocycles. The number of carbonyl (C=O) groups is 2. The van der Waals surface area contributed by atoms with E-state index in [9.17, 15) is 14.7 Å². The average molecular weight is 303 g/mol. The normalized spacial score (nSPS) is 17.3. The number of carboxylic acids is 1. The first-order chi connectivity index (χ1) is 10.6. The van der Waals surface area contributed by atoms with Crippen molar-refractivity contribution in [1.82, 2.24) is 5.32 Å². The molecule has 1 fully saturated rings. The summed E-state index contributed by atoms with van der Waals surface area (Å²) in [5.74, 6) is -1.22. The second kappa shape index (κ2) is 7.75. The van der Waals surface area contributed by atoms with Gasteiger partial charge in [0.2, 0.25) is 5.91 Å². The molecule has 1 aromatic rings. The molecule has 22 heavy (non-hydrogen) atoms. The van der Waals surface area contributed by atoms with Crippen LogP contribution >= 0.6 is 0 Å². The molecule has 1 saturated heterocycles. The summed E-state index contributed by atoms with van der Waals surface area (Å²) < 4.78 is 5.18. The van der Waals surface area contributed by atoms with Crippen LogP contribution in [-0.4, -0.2) is 35.7 Å². The van der Waals surface area contributed by atoms with Crippen molar-refractivity contribution >= 4 is 18.0 Å². The Morgan fingerprint density at radius 1 is 1.23 bits per heavy atom. The van der Waals surface area contributed by atoms with E-state index in [0.29, 0.717) is 32.5 Å². The molecule has 0 atom stereocenters. The van der Waals surface area contributed by atoms with E-state index in [2.05, 4.69) is 5.32 Å². The highest BCUT2D eigenvalue weighted by molar-refractivity contribution is 5.87. The largest absolute Gasteiger partial charge is 0.480 e. The summed E-state index contributed by atoms with van der Waals surface area (Å²) in [7, 11) is 0. The zero-order valence-electron chi connectivity index (χ0n) is 12.5. The summed E-state index contributed by atoms with van der Waals surface area (Å²) in [5, 5.41) is 12.1. The average Bonchev–Trinajstić information content (AvgIpc) is 2.53. The lowest BCUT2D eigenvalue weighted by molar-refractivity contribution is -0.152. The third-order valence-corrected chi connectivity index (χ3v) is 3.78. The summed E-state index contributed by atoms with van der Waals surface area (Å²) >= 11 is 0. The van der Waals surface area contributed by atoms with Crippen molar-refractivity contribution in [3.05, 3.63) is 42.0 Å². The number of ether oxygens (including phenoxy) is 1. The van der Waals surface area contributed by atoms with Crippen molar-refractivity contribution in [2.75, 3.05) is 13.2 Å². The minimum Gasteiger partial charge on any atom is -0.480 e. The van der Waals surface area contributed by atoms with Gasteiger partial charge in [-0.3, -0.25) is 4.79 Å². The van der Waals surface area contributed by atoms with Crippen molar-refractivity contribution in [3.63, 3.8) is 0 Å². The highest BCUT2D eigenvalue weighted by atomic mass is 16.5. The molecule has 2 N–H and O–H groups in total. The van der Waals surface area contributed by atoms with Crippen LogP contribution in [0.3, 0.4) is 0 Å². The fourth-order valence-electron chi connectivity index (χ4n) is 2.44. The van der Waals surface area contributed by atoms with Gasteiger partial charge in [0.15, 0.2) is 0 Å². The molecule has 5 heteroatoms. The number of allylic oxidation sites excluding steroid dienone is 1. The molecule has 2 rings (SSSR count). The van der Waals surface area contributed by atoms with Gasteiger partial charge in [0.25, 0.3) is 0 Å². The molecule has 1 aromatic carbocycles. The van der Waals surface area contributed by atoms with Gasteiger partial charge in [-0.2, -0.15) is 0 Å². The SMILES string of the molecule is O=C(CC/C=C/c1ccccc1)NC1(C(=O)O)CCOCC1. The highest BCUT2D eigenvalue weighted by Crippen LogP contribution is 2.21. The van der Waals surface area contributed by atoms with Gasteiger partial charge in [-0.25, -0.2) is 4.79 Å². The molecule has 0 radical (unpaired) electrons. The molecular formula is C17H21NO4. The van der Waals surface area contributed by atoms with E-state index in [1.807, 2.05) is 42.5 Å². The Morgan fingerprint density at radius 2 is 1.91 bits per heavy atom. The first-order valence-electron chi connectivity index (χ1n) is 7.46. The molecule has 1 heterocycles. The second-order valence-corrected chi connectivity index (χ2v) is 5.40. The zero-order valence-corrected chi connectivity index (χ0v) is 12.5. The number of nitrogens with one attached hydrogen (secondary N) is 1. The lowest BCUT2D eigenvalue weighted by atomic mass is 9.90. The number of benzene rings is 1. The Balaban J connectivity index is 1.82. The van der Waals surface area contributed by atoms with Gasteiger partial charge in [-0.15, -0.1) is 0 Å². The molecule has 1 amide bonds. The Morgan fingerprint density at radius 3 is 2.55 bits per heavy atom. The maximum absolute atomic E-state index is 12.0. The molecule has 1 aliphatic rings. The van der Waals surface area contributed by atoms with Crippen LogP contribution in [-0.2, 0) is 14.3 Å². The molecule has 5 nitrogen and oxygen atoms in total. The molecule has 0 bridgehead atoms. The summed E-state index contributed by atoms with van der Waals surface area (Å²) in [4.78, 5) is 23.4. The fourth-order valence-corrected chi connectivity index (χ4v) is 2.44. The van der Waals surface area contributed by atoms with E-state index >= 15 is 0 Å². The van der Waals surface area contributed by atoms with Crippen LogP contribution in [0.2, 0.25) is 0 Å². The van der Waals surface area contributed by atoms with Crippen molar-refractivity contribution in [2.45, 2.75) is 31.2 Å². The Bertz CT molecular complexity index is 533. The Labute approximate surface area is 130 Å². The van der Waals surface area contributed by atoms with E-state index in [4.69, 9.17) is 4.74 Å². The standard InChI is InChI=1S/C17H21NO4/c19-15(9-5-4-8-14-6-2-1-3-7-14)18-17(16(20)21)10-12-22-13-11-17/h1-4,6-8H,5,9-13H2,(H,18,19)(H,20,21)/b8-4+. The molecule has 0 unspecified atom stereocenters. The van der Waals surface area contributed by atoms with Gasteiger partial charge >= 0.3 is 5.97 Å². The predicted molar refractivity (Wildman–Crippen MR) is 83.3 cm³/mol. The van der Waals surface area contributed by atoms with E-state index in [-0.39, 0.29) is 12.3 Å². The van der Waals surface area contributed by atoms with Crippen molar-refractivity contribution in [3.8, 4) is 0 Å². The Kier molecular flexibility index (Phi) is 5.72. The number of hydrogen-bond donors (Lipinski definition) is 2. The van der Waals surface area contributed by atoms with E-state index in [1.165, 1.54) is 0 Å². The van der Waals surface area contributed by atoms with Crippen LogP contribution in [0.4, 0.5) is 0 Å². The summed E-state index contributed by atoms with van der Waals surface area (Å²) in [6.07, 6.45) is 5.36. The quantitative estimate of drug-likeness (QED) is 0.845. The van der Waals surface area contributed by atoms with Crippen LogP contribution < -0.4 is 5.32 Å². The van der Waals surface area contributed by atoms with E-state index < -0.39 is 11.5 Å². The van der Waals surface area contributed by atoms with Gasteiger partial charge in [0, 0.05) is 32.5 Å². The first-order valence-corrected chi connectivity index (χ1v) is 7.46.